The molecule has 5 rings (SSSR count). The largest absolute Gasteiger partial charge is 0.444 e. The summed E-state index contributed by atoms with van der Waals surface area (Å²) in [4.78, 5) is 30.5. The van der Waals surface area contributed by atoms with Crippen LogP contribution in [0.1, 0.15) is 56.0 Å². The molecule has 0 unspecified atom stereocenters. The highest BCUT2D eigenvalue weighted by Gasteiger charge is 2.34. The molecule has 2 amide bonds. The first-order valence-corrected chi connectivity index (χ1v) is 13.3. The van der Waals surface area contributed by atoms with E-state index in [4.69, 9.17) is 4.74 Å². The van der Waals surface area contributed by atoms with Crippen LogP contribution in [0.25, 0.3) is 16.9 Å². The number of likely N-dealkylation sites (tertiary alicyclic amines) is 1. The second kappa shape index (κ2) is 10.8. The van der Waals surface area contributed by atoms with Gasteiger partial charge in [0.15, 0.2) is 0 Å². The van der Waals surface area contributed by atoms with Gasteiger partial charge in [0.25, 0.3) is 5.91 Å². The topological polar surface area (TPSA) is 114 Å². The summed E-state index contributed by atoms with van der Waals surface area (Å²) in [6.07, 6.45) is 5.27. The van der Waals surface area contributed by atoms with E-state index in [1.807, 2.05) is 0 Å². The molecule has 212 valence electrons. The number of aryl methyl sites for hydroxylation is 1. The van der Waals surface area contributed by atoms with Crippen molar-refractivity contribution in [3.05, 3.63) is 53.7 Å². The summed E-state index contributed by atoms with van der Waals surface area (Å²) in [7, 11) is 0. The van der Waals surface area contributed by atoms with Gasteiger partial charge in [0.05, 0.1) is 35.7 Å². The Hall–Kier alpha value is -4.09. The number of nitrogens with zero attached hydrogens (tertiary/aromatic N) is 5. The third kappa shape index (κ3) is 6.37. The fourth-order valence-corrected chi connectivity index (χ4v) is 4.52. The van der Waals surface area contributed by atoms with Crippen LogP contribution < -0.4 is 10.6 Å². The lowest BCUT2D eigenvalue weighted by Gasteiger charge is -2.36. The lowest BCUT2D eigenvalue weighted by Crippen LogP contribution is -2.51. The van der Waals surface area contributed by atoms with Crippen molar-refractivity contribution in [2.75, 3.05) is 18.4 Å². The van der Waals surface area contributed by atoms with Crippen LogP contribution in [0.5, 0.6) is 0 Å². The number of anilines is 1. The van der Waals surface area contributed by atoms with E-state index in [0.717, 1.165) is 12.8 Å². The molecule has 12 heteroatoms. The van der Waals surface area contributed by atoms with Crippen LogP contribution in [-0.2, 0) is 4.74 Å². The summed E-state index contributed by atoms with van der Waals surface area (Å²) in [5.74, 6) is -1.04. The molecule has 10 nitrogen and oxygen atoms in total. The van der Waals surface area contributed by atoms with Gasteiger partial charge in [-0.15, -0.1) is 5.10 Å². The van der Waals surface area contributed by atoms with E-state index < -0.39 is 35.6 Å². The number of hydrogen-bond donors (Lipinski definition) is 2. The number of nitrogens with one attached hydrogen (secondary N) is 2. The molecule has 1 saturated heterocycles. The Morgan fingerprint density at radius 1 is 1.12 bits per heavy atom. The third-order valence-corrected chi connectivity index (χ3v) is 6.76. The van der Waals surface area contributed by atoms with E-state index in [1.54, 1.807) is 52.4 Å². The number of rotatable bonds is 6. The Balaban J connectivity index is 1.28. The van der Waals surface area contributed by atoms with Gasteiger partial charge < -0.3 is 20.3 Å². The minimum absolute atomic E-state index is 0.0455. The van der Waals surface area contributed by atoms with Crippen molar-refractivity contribution in [2.45, 2.75) is 70.8 Å². The van der Waals surface area contributed by atoms with E-state index in [2.05, 4.69) is 25.9 Å². The molecule has 1 aliphatic heterocycles. The van der Waals surface area contributed by atoms with Crippen molar-refractivity contribution in [2.24, 2.45) is 0 Å². The zero-order valence-corrected chi connectivity index (χ0v) is 22.9. The molecule has 1 aliphatic carbocycles. The molecule has 1 aromatic carbocycles. The summed E-state index contributed by atoms with van der Waals surface area (Å²) in [5, 5.41) is 14.4. The smallest absolute Gasteiger partial charge is 0.410 e. The summed E-state index contributed by atoms with van der Waals surface area (Å²) in [6, 6.07) is 4.18. The maximum absolute atomic E-state index is 15.0. The summed E-state index contributed by atoms with van der Waals surface area (Å²) < 4.78 is 36.4. The molecular weight excluding hydrogens is 520 g/mol. The zero-order valence-electron chi connectivity index (χ0n) is 22.9. The number of aromatic nitrogens is 4. The SMILES string of the molecule is Cc1cc(F)c(C(=O)NC2CC2)cc1-n1cc(-c2cncc(N[C@H]3CCN(C(=O)OC(C)(C)C)C[C@H]3F)c2)nn1. The molecule has 3 heterocycles. The molecule has 0 spiro atoms. The van der Waals surface area contributed by atoms with Crippen molar-refractivity contribution >= 4 is 17.7 Å². The molecule has 2 atom stereocenters. The van der Waals surface area contributed by atoms with Gasteiger partial charge in [-0.05, 0) is 70.7 Å². The average molecular weight is 554 g/mol. The molecule has 2 aliphatic rings. The minimum Gasteiger partial charge on any atom is -0.444 e. The van der Waals surface area contributed by atoms with Gasteiger partial charge in [-0.3, -0.25) is 9.78 Å². The first kappa shape index (κ1) is 27.5. The Morgan fingerprint density at radius 3 is 2.60 bits per heavy atom. The van der Waals surface area contributed by atoms with E-state index in [1.165, 1.54) is 21.7 Å². The fourth-order valence-electron chi connectivity index (χ4n) is 4.52. The number of amides is 2. The summed E-state index contributed by atoms with van der Waals surface area (Å²) >= 11 is 0. The number of carbonyl (C=O) groups is 2. The highest BCUT2D eigenvalue weighted by atomic mass is 19.1. The summed E-state index contributed by atoms with van der Waals surface area (Å²) in [6.45, 7) is 7.36. The Morgan fingerprint density at radius 2 is 1.90 bits per heavy atom. The molecule has 40 heavy (non-hydrogen) atoms. The van der Waals surface area contributed by atoms with E-state index in [0.29, 0.717) is 41.2 Å². The van der Waals surface area contributed by atoms with Crippen LogP contribution in [0.15, 0.2) is 36.8 Å². The van der Waals surface area contributed by atoms with Crippen LogP contribution in [0.4, 0.5) is 19.3 Å². The molecule has 2 aromatic heterocycles. The predicted molar refractivity (Wildman–Crippen MR) is 145 cm³/mol. The minimum atomic E-state index is -1.29. The first-order chi connectivity index (χ1) is 19.0. The number of pyridine rings is 1. The molecule has 1 saturated carbocycles. The van der Waals surface area contributed by atoms with Crippen LogP contribution in [0.3, 0.4) is 0 Å². The maximum Gasteiger partial charge on any atom is 0.410 e. The predicted octanol–water partition coefficient (Wildman–Crippen LogP) is 4.43. The number of piperidine rings is 1. The molecule has 2 fully saturated rings. The lowest BCUT2D eigenvalue weighted by atomic mass is 10.0. The van der Waals surface area contributed by atoms with Crippen molar-refractivity contribution in [1.82, 2.24) is 30.2 Å². The maximum atomic E-state index is 15.0. The number of alkyl halides is 1. The van der Waals surface area contributed by atoms with E-state index >= 15 is 4.39 Å². The van der Waals surface area contributed by atoms with Gasteiger partial charge >= 0.3 is 6.09 Å². The van der Waals surface area contributed by atoms with Crippen molar-refractivity contribution in [1.29, 1.82) is 0 Å². The number of benzene rings is 1. The monoisotopic (exact) mass is 553 g/mol. The van der Waals surface area contributed by atoms with Crippen LogP contribution >= 0.6 is 0 Å². The van der Waals surface area contributed by atoms with Gasteiger partial charge in [-0.2, -0.15) is 0 Å². The highest BCUT2D eigenvalue weighted by Crippen LogP contribution is 2.26. The van der Waals surface area contributed by atoms with Crippen molar-refractivity contribution < 1.29 is 23.1 Å². The molecule has 2 N–H and O–H groups in total. The highest BCUT2D eigenvalue weighted by molar-refractivity contribution is 5.95. The number of ether oxygens (including phenoxy) is 1. The van der Waals surface area contributed by atoms with Gasteiger partial charge in [0.1, 0.15) is 23.3 Å². The molecule has 0 radical (unpaired) electrons. The number of carbonyl (C=O) groups excluding carboxylic acids is 2. The average Bonchev–Trinajstić information content (AvgIpc) is 3.56. The van der Waals surface area contributed by atoms with Crippen LogP contribution in [0.2, 0.25) is 0 Å². The van der Waals surface area contributed by atoms with Gasteiger partial charge in [0.2, 0.25) is 0 Å². The van der Waals surface area contributed by atoms with E-state index in [9.17, 15) is 14.0 Å². The Kier molecular flexibility index (Phi) is 7.43. The van der Waals surface area contributed by atoms with Crippen LogP contribution in [-0.4, -0.2) is 73.8 Å². The fraction of sp³-hybridized carbons (Fsp3) is 0.464. The lowest BCUT2D eigenvalue weighted by molar-refractivity contribution is 0.0125. The van der Waals surface area contributed by atoms with Crippen molar-refractivity contribution in [3.8, 4) is 16.9 Å². The van der Waals surface area contributed by atoms with Gasteiger partial charge in [0, 0.05) is 30.5 Å². The van der Waals surface area contributed by atoms with Crippen molar-refractivity contribution in [3.63, 3.8) is 0 Å². The normalized spacial score (nSPS) is 19.3. The molecule has 3 aromatic rings. The standard InChI is InChI=1S/C28H33F2N7O3/c1-16-9-21(29)20(26(38)33-18-5-6-18)11-25(16)37-15-24(34-35-37)17-10-19(13-31-12-17)32-23-7-8-36(14-22(23)30)27(39)40-28(2,3)4/h9-13,15,18,22-23,32H,5-8,14H2,1-4H3,(H,33,38)/t22-,23+/m1/s1. The number of halogens is 2. The second-order valence-electron chi connectivity index (χ2n) is 11.4. The quantitative estimate of drug-likeness (QED) is 0.464. The Bertz CT molecular complexity index is 1420. The third-order valence-electron chi connectivity index (χ3n) is 6.76. The molecular formula is C28H33F2N7O3. The second-order valence-corrected chi connectivity index (χ2v) is 11.4. The summed E-state index contributed by atoms with van der Waals surface area (Å²) in [5.41, 5.74) is 2.18. The first-order valence-electron chi connectivity index (χ1n) is 13.3. The zero-order chi connectivity index (χ0) is 28.6. The van der Waals surface area contributed by atoms with E-state index in [-0.39, 0.29) is 18.2 Å². The number of hydrogen-bond acceptors (Lipinski definition) is 7. The van der Waals surface area contributed by atoms with Gasteiger partial charge in [-0.25, -0.2) is 18.3 Å². The van der Waals surface area contributed by atoms with Crippen LogP contribution in [0, 0.1) is 12.7 Å². The van der Waals surface area contributed by atoms with Gasteiger partial charge in [-0.1, -0.05) is 5.21 Å². The molecule has 0 bridgehead atoms. The Labute approximate surface area is 231 Å².